The normalized spacial score (nSPS) is 20.4. The zero-order valence-electron chi connectivity index (χ0n) is 9.11. The van der Waals surface area contributed by atoms with Crippen LogP contribution >= 0.6 is 0 Å². The van der Waals surface area contributed by atoms with Crippen LogP contribution < -0.4 is 11.1 Å². The van der Waals surface area contributed by atoms with Crippen molar-refractivity contribution in [3.05, 3.63) is 36.2 Å². The third-order valence-corrected chi connectivity index (χ3v) is 3.32. The second-order valence-corrected chi connectivity index (χ2v) is 4.33. The first kappa shape index (κ1) is 9.60. The van der Waals surface area contributed by atoms with Crippen molar-refractivity contribution in [1.82, 2.24) is 10.3 Å². The fourth-order valence-electron chi connectivity index (χ4n) is 2.47. The minimum Gasteiger partial charge on any atom is -0.398 e. The van der Waals surface area contributed by atoms with Gasteiger partial charge in [0.15, 0.2) is 0 Å². The molecule has 3 N–H and O–H groups in total. The van der Waals surface area contributed by atoms with Crippen molar-refractivity contribution in [3.63, 3.8) is 0 Å². The molecule has 1 fully saturated rings. The number of nitrogens with two attached hydrogens (primary N) is 1. The van der Waals surface area contributed by atoms with Crippen LogP contribution in [0.25, 0.3) is 10.8 Å². The number of hydrogen-bond acceptors (Lipinski definition) is 3. The molecular weight excluding hydrogens is 198 g/mol. The van der Waals surface area contributed by atoms with Gasteiger partial charge in [-0.2, -0.15) is 0 Å². The molecule has 1 aromatic carbocycles. The number of pyridine rings is 1. The highest BCUT2D eigenvalue weighted by Gasteiger charge is 2.20. The van der Waals surface area contributed by atoms with Crippen LogP contribution in [0.2, 0.25) is 0 Å². The van der Waals surface area contributed by atoms with E-state index in [1.807, 2.05) is 24.4 Å². The largest absolute Gasteiger partial charge is 0.398 e. The lowest BCUT2D eigenvalue weighted by Crippen LogP contribution is -2.09. The standard InChI is InChI=1S/C13H15N3/c14-12-3-1-2-11-10(12)5-7-16-13(11)9-4-6-15-8-9/h1-3,5,7,9,15H,4,6,8,14H2. The first-order chi connectivity index (χ1) is 7.86. The number of fused-ring (bicyclic) bond motifs is 1. The molecule has 1 saturated heterocycles. The maximum atomic E-state index is 5.98. The zero-order chi connectivity index (χ0) is 11.0. The molecule has 3 heteroatoms. The lowest BCUT2D eigenvalue weighted by Gasteiger charge is -2.11. The molecule has 0 spiro atoms. The Morgan fingerprint density at radius 3 is 3.00 bits per heavy atom. The maximum Gasteiger partial charge on any atom is 0.0526 e. The Hall–Kier alpha value is -1.61. The Kier molecular flexibility index (Phi) is 2.26. The van der Waals surface area contributed by atoms with E-state index in [2.05, 4.69) is 16.4 Å². The SMILES string of the molecule is Nc1cccc2c(C3CCNC3)nccc12. The molecule has 0 amide bonds. The van der Waals surface area contributed by atoms with E-state index in [0.717, 1.165) is 24.2 Å². The number of aromatic nitrogens is 1. The molecule has 16 heavy (non-hydrogen) atoms. The molecule has 0 aliphatic carbocycles. The molecule has 2 heterocycles. The van der Waals surface area contributed by atoms with Crippen molar-refractivity contribution >= 4 is 16.5 Å². The summed E-state index contributed by atoms with van der Waals surface area (Å²) in [5.74, 6) is 0.533. The first-order valence-electron chi connectivity index (χ1n) is 5.70. The molecule has 82 valence electrons. The van der Waals surface area contributed by atoms with Gasteiger partial charge in [0.25, 0.3) is 0 Å². The summed E-state index contributed by atoms with van der Waals surface area (Å²) in [6.45, 7) is 2.12. The van der Waals surface area contributed by atoms with Crippen molar-refractivity contribution in [2.45, 2.75) is 12.3 Å². The van der Waals surface area contributed by atoms with E-state index in [1.165, 1.54) is 17.5 Å². The van der Waals surface area contributed by atoms with Crippen LogP contribution in [0.15, 0.2) is 30.5 Å². The fourth-order valence-corrected chi connectivity index (χ4v) is 2.47. The van der Waals surface area contributed by atoms with Gasteiger partial charge < -0.3 is 11.1 Å². The number of nitrogen functional groups attached to an aromatic ring is 1. The molecule has 3 rings (SSSR count). The Morgan fingerprint density at radius 2 is 2.19 bits per heavy atom. The summed E-state index contributed by atoms with van der Waals surface area (Å²) in [7, 11) is 0. The highest BCUT2D eigenvalue weighted by molar-refractivity contribution is 5.94. The third-order valence-electron chi connectivity index (χ3n) is 3.32. The summed E-state index contributed by atoms with van der Waals surface area (Å²) in [4.78, 5) is 4.53. The lowest BCUT2D eigenvalue weighted by molar-refractivity contribution is 0.743. The number of hydrogen-bond donors (Lipinski definition) is 2. The second kappa shape index (κ2) is 3.76. The van der Waals surface area contributed by atoms with E-state index in [1.54, 1.807) is 0 Å². The van der Waals surface area contributed by atoms with E-state index in [9.17, 15) is 0 Å². The van der Waals surface area contributed by atoms with Gasteiger partial charge in [-0.3, -0.25) is 4.98 Å². The zero-order valence-corrected chi connectivity index (χ0v) is 9.11. The van der Waals surface area contributed by atoms with E-state index < -0.39 is 0 Å². The van der Waals surface area contributed by atoms with Crippen LogP contribution in [-0.2, 0) is 0 Å². The quantitative estimate of drug-likeness (QED) is 0.711. The van der Waals surface area contributed by atoms with Gasteiger partial charge in [0.2, 0.25) is 0 Å². The minimum atomic E-state index is 0.533. The number of anilines is 1. The van der Waals surface area contributed by atoms with Crippen LogP contribution in [0.5, 0.6) is 0 Å². The van der Waals surface area contributed by atoms with Gasteiger partial charge in [0.05, 0.1) is 5.69 Å². The average molecular weight is 213 g/mol. The minimum absolute atomic E-state index is 0.533. The average Bonchev–Trinajstić information content (AvgIpc) is 2.82. The first-order valence-corrected chi connectivity index (χ1v) is 5.70. The van der Waals surface area contributed by atoms with E-state index >= 15 is 0 Å². The molecular formula is C13H15N3. The number of benzene rings is 1. The summed E-state index contributed by atoms with van der Waals surface area (Å²) in [6, 6.07) is 8.06. The Labute approximate surface area is 94.7 Å². The van der Waals surface area contributed by atoms with Gasteiger partial charge in [-0.15, -0.1) is 0 Å². The molecule has 0 bridgehead atoms. The van der Waals surface area contributed by atoms with E-state index in [0.29, 0.717) is 5.92 Å². The molecule has 1 aliphatic rings. The molecule has 1 unspecified atom stereocenters. The molecule has 1 aromatic heterocycles. The summed E-state index contributed by atoms with van der Waals surface area (Å²) >= 11 is 0. The van der Waals surface area contributed by atoms with Crippen molar-refractivity contribution in [2.24, 2.45) is 0 Å². The molecule has 2 aromatic rings. The Morgan fingerprint density at radius 1 is 1.25 bits per heavy atom. The molecule has 1 atom stereocenters. The molecule has 3 nitrogen and oxygen atoms in total. The van der Waals surface area contributed by atoms with Gasteiger partial charge in [0.1, 0.15) is 0 Å². The van der Waals surface area contributed by atoms with Gasteiger partial charge in [-0.05, 0) is 25.1 Å². The van der Waals surface area contributed by atoms with Gasteiger partial charge >= 0.3 is 0 Å². The second-order valence-electron chi connectivity index (χ2n) is 4.33. The summed E-state index contributed by atoms with van der Waals surface area (Å²) in [5, 5.41) is 5.71. The van der Waals surface area contributed by atoms with Crippen molar-refractivity contribution < 1.29 is 0 Å². The lowest BCUT2D eigenvalue weighted by atomic mass is 9.98. The van der Waals surface area contributed by atoms with Crippen LogP contribution in [0.4, 0.5) is 5.69 Å². The van der Waals surface area contributed by atoms with Crippen molar-refractivity contribution in [3.8, 4) is 0 Å². The van der Waals surface area contributed by atoms with Crippen molar-refractivity contribution in [1.29, 1.82) is 0 Å². The summed E-state index contributed by atoms with van der Waals surface area (Å²) < 4.78 is 0. The maximum absolute atomic E-state index is 5.98. The summed E-state index contributed by atoms with van der Waals surface area (Å²) in [6.07, 6.45) is 3.03. The highest BCUT2D eigenvalue weighted by Crippen LogP contribution is 2.29. The van der Waals surface area contributed by atoms with E-state index in [4.69, 9.17) is 5.73 Å². The predicted molar refractivity (Wildman–Crippen MR) is 66.4 cm³/mol. The van der Waals surface area contributed by atoms with Gasteiger partial charge in [0, 0.05) is 35.1 Å². The monoisotopic (exact) mass is 213 g/mol. The van der Waals surface area contributed by atoms with Crippen LogP contribution in [0.3, 0.4) is 0 Å². The molecule has 1 aliphatic heterocycles. The number of nitrogens with zero attached hydrogens (tertiary/aromatic N) is 1. The predicted octanol–water partition coefficient (Wildman–Crippen LogP) is 1.89. The molecule has 0 radical (unpaired) electrons. The van der Waals surface area contributed by atoms with Crippen LogP contribution in [0.1, 0.15) is 18.0 Å². The topological polar surface area (TPSA) is 50.9 Å². The van der Waals surface area contributed by atoms with Crippen LogP contribution in [-0.4, -0.2) is 18.1 Å². The number of rotatable bonds is 1. The Bertz CT molecular complexity index is 516. The van der Waals surface area contributed by atoms with Gasteiger partial charge in [-0.25, -0.2) is 0 Å². The smallest absolute Gasteiger partial charge is 0.0526 e. The van der Waals surface area contributed by atoms with Crippen LogP contribution in [0, 0.1) is 0 Å². The Balaban J connectivity index is 2.20. The molecule has 0 saturated carbocycles. The highest BCUT2D eigenvalue weighted by atomic mass is 14.9. The number of nitrogens with one attached hydrogen (secondary N) is 1. The van der Waals surface area contributed by atoms with Gasteiger partial charge in [-0.1, -0.05) is 12.1 Å². The fraction of sp³-hybridized carbons (Fsp3) is 0.308. The third kappa shape index (κ3) is 1.44. The summed E-state index contributed by atoms with van der Waals surface area (Å²) in [5.41, 5.74) is 8.01. The van der Waals surface area contributed by atoms with Crippen molar-refractivity contribution in [2.75, 3.05) is 18.8 Å². The van der Waals surface area contributed by atoms with E-state index in [-0.39, 0.29) is 0 Å².